The van der Waals surface area contributed by atoms with Gasteiger partial charge in [-0.05, 0) is 56.7 Å². The summed E-state index contributed by atoms with van der Waals surface area (Å²) in [6, 6.07) is 20.9. The van der Waals surface area contributed by atoms with Crippen molar-refractivity contribution in [2.24, 2.45) is 5.92 Å². The van der Waals surface area contributed by atoms with Crippen molar-refractivity contribution in [3.63, 3.8) is 0 Å². The zero-order valence-corrected chi connectivity index (χ0v) is 20.0. The highest BCUT2D eigenvalue weighted by Crippen LogP contribution is 2.42. The summed E-state index contributed by atoms with van der Waals surface area (Å²) in [6.07, 6.45) is 5.90. The molecule has 0 radical (unpaired) electrons. The summed E-state index contributed by atoms with van der Waals surface area (Å²) in [5, 5.41) is 6.58. The van der Waals surface area contributed by atoms with E-state index < -0.39 is 0 Å². The second-order valence-corrected chi connectivity index (χ2v) is 10.4. The first-order valence-electron chi connectivity index (χ1n) is 12.9. The fourth-order valence-corrected chi connectivity index (χ4v) is 6.50. The van der Waals surface area contributed by atoms with Gasteiger partial charge in [0.2, 0.25) is 5.91 Å². The van der Waals surface area contributed by atoms with Crippen LogP contribution in [0, 0.1) is 12.8 Å². The van der Waals surface area contributed by atoms with Crippen molar-refractivity contribution in [3.05, 3.63) is 66.0 Å². The molecule has 0 spiro atoms. The van der Waals surface area contributed by atoms with Gasteiger partial charge in [-0.1, -0.05) is 42.5 Å². The quantitative estimate of drug-likeness (QED) is 0.563. The number of fused-ring (bicyclic) bond motifs is 3. The highest BCUT2D eigenvalue weighted by molar-refractivity contribution is 5.80. The normalized spacial score (nSPS) is 25.9. The molecule has 6 rings (SSSR count). The Labute approximate surface area is 201 Å². The molecule has 34 heavy (non-hydrogen) atoms. The third-order valence-corrected chi connectivity index (χ3v) is 8.34. The van der Waals surface area contributed by atoms with Crippen molar-refractivity contribution in [1.29, 1.82) is 0 Å². The van der Waals surface area contributed by atoms with Crippen LogP contribution >= 0.6 is 0 Å². The monoisotopic (exact) mass is 457 g/mol. The summed E-state index contributed by atoms with van der Waals surface area (Å²) in [5.74, 6) is 1.44. The van der Waals surface area contributed by atoms with Gasteiger partial charge >= 0.3 is 0 Å². The van der Waals surface area contributed by atoms with Crippen LogP contribution in [0.1, 0.15) is 55.6 Å². The van der Waals surface area contributed by atoms with Crippen LogP contribution in [0.4, 0.5) is 0 Å². The maximum absolute atomic E-state index is 12.7. The molecule has 4 atom stereocenters. The van der Waals surface area contributed by atoms with Gasteiger partial charge in [0.05, 0.1) is 23.0 Å². The highest BCUT2D eigenvalue weighted by Gasteiger charge is 2.42. The second kappa shape index (κ2) is 9.16. The number of piperidine rings is 1. The van der Waals surface area contributed by atoms with E-state index in [1.165, 1.54) is 36.8 Å². The number of carbonyl (C=O) groups is 1. The van der Waals surface area contributed by atoms with Gasteiger partial charge in [-0.15, -0.1) is 0 Å². The van der Waals surface area contributed by atoms with E-state index in [9.17, 15) is 4.79 Å². The summed E-state index contributed by atoms with van der Waals surface area (Å²) < 4.78 is 2.50. The van der Waals surface area contributed by atoms with Gasteiger partial charge in [0, 0.05) is 37.8 Å². The Morgan fingerprint density at radius 2 is 1.74 bits per heavy atom. The topological polar surface area (TPSA) is 62.2 Å². The summed E-state index contributed by atoms with van der Waals surface area (Å²) in [5.41, 5.74) is 3.60. The molecule has 3 saturated heterocycles. The van der Waals surface area contributed by atoms with Crippen LogP contribution in [0.15, 0.2) is 54.6 Å². The predicted octanol–water partition coefficient (Wildman–Crippen LogP) is 3.98. The van der Waals surface area contributed by atoms with Crippen molar-refractivity contribution >= 4 is 16.9 Å². The molecule has 0 saturated carbocycles. The number of hydrogen-bond donors (Lipinski definition) is 2. The number of nitrogens with one attached hydrogen (secondary N) is 2. The molecule has 3 aliphatic heterocycles. The van der Waals surface area contributed by atoms with Crippen LogP contribution in [0.3, 0.4) is 0 Å². The standard InChI is InChI=1S/C28H35N5O/c1-19-30-26-9-5-6-10-27(26)33(19)24-15-22-11-12-23(16-24)32(22)14-13-25(20-7-3-2-4-8-20)31-28(34)21-17-29-18-21/h2-10,21-25,29H,11-18H2,1H3,(H,31,34)/t22-,23+,24?,25-/m0/s1. The lowest BCUT2D eigenvalue weighted by atomic mass is 9.95. The van der Waals surface area contributed by atoms with E-state index in [0.29, 0.717) is 18.1 Å². The van der Waals surface area contributed by atoms with E-state index in [2.05, 4.69) is 75.6 Å². The number of aromatic nitrogens is 2. The maximum Gasteiger partial charge on any atom is 0.226 e. The van der Waals surface area contributed by atoms with E-state index in [1.54, 1.807) is 0 Å². The van der Waals surface area contributed by atoms with Gasteiger partial charge in [0.15, 0.2) is 0 Å². The number of hydrogen-bond acceptors (Lipinski definition) is 4. The number of nitrogens with zero attached hydrogens (tertiary/aromatic N) is 3. The molecule has 2 bridgehead atoms. The fraction of sp³-hybridized carbons (Fsp3) is 0.500. The summed E-state index contributed by atoms with van der Waals surface area (Å²) >= 11 is 0. The molecular formula is C28H35N5O. The van der Waals surface area contributed by atoms with Crippen LogP contribution in [0.25, 0.3) is 11.0 Å². The molecule has 178 valence electrons. The van der Waals surface area contributed by atoms with E-state index >= 15 is 0 Å². The Kier molecular flexibility index (Phi) is 5.87. The molecule has 1 aromatic heterocycles. The first kappa shape index (κ1) is 21.8. The lowest BCUT2D eigenvalue weighted by Crippen LogP contribution is -2.51. The molecule has 2 N–H and O–H groups in total. The number of para-hydroxylation sites is 2. The predicted molar refractivity (Wildman–Crippen MR) is 135 cm³/mol. The minimum Gasteiger partial charge on any atom is -0.349 e. The molecule has 1 unspecified atom stereocenters. The smallest absolute Gasteiger partial charge is 0.226 e. The third kappa shape index (κ3) is 4.03. The van der Waals surface area contributed by atoms with Gasteiger partial charge in [0.1, 0.15) is 5.82 Å². The SMILES string of the molecule is Cc1nc2ccccc2n1C1C[C@H]2CC[C@@H](C1)N2CC[C@H](NC(=O)C1CNC1)c1ccccc1. The molecule has 0 aliphatic carbocycles. The van der Waals surface area contributed by atoms with Crippen LogP contribution in [-0.2, 0) is 4.79 Å². The van der Waals surface area contributed by atoms with Gasteiger partial charge in [-0.3, -0.25) is 9.69 Å². The largest absolute Gasteiger partial charge is 0.349 e. The van der Waals surface area contributed by atoms with Crippen molar-refractivity contribution in [2.75, 3.05) is 19.6 Å². The number of benzene rings is 2. The molecule has 3 aromatic rings. The van der Waals surface area contributed by atoms with Crippen molar-refractivity contribution in [3.8, 4) is 0 Å². The molecule has 4 heterocycles. The van der Waals surface area contributed by atoms with Crippen molar-refractivity contribution < 1.29 is 4.79 Å². The lowest BCUT2D eigenvalue weighted by Gasteiger charge is -2.40. The van der Waals surface area contributed by atoms with E-state index in [4.69, 9.17) is 4.98 Å². The number of carbonyl (C=O) groups excluding carboxylic acids is 1. The van der Waals surface area contributed by atoms with E-state index in [-0.39, 0.29) is 17.9 Å². The Morgan fingerprint density at radius 3 is 2.44 bits per heavy atom. The Hall–Kier alpha value is -2.70. The van der Waals surface area contributed by atoms with Crippen LogP contribution in [-0.4, -0.2) is 52.1 Å². The zero-order valence-electron chi connectivity index (χ0n) is 20.0. The number of aryl methyl sites for hydroxylation is 1. The van der Waals surface area contributed by atoms with E-state index in [0.717, 1.165) is 37.4 Å². The van der Waals surface area contributed by atoms with Gasteiger partial charge < -0.3 is 15.2 Å². The molecular weight excluding hydrogens is 422 g/mol. The lowest BCUT2D eigenvalue weighted by molar-refractivity contribution is -0.127. The minimum atomic E-state index is 0.0752. The average molecular weight is 458 g/mol. The highest BCUT2D eigenvalue weighted by atomic mass is 16.2. The Morgan fingerprint density at radius 1 is 1.03 bits per heavy atom. The average Bonchev–Trinajstić information content (AvgIpc) is 3.26. The third-order valence-electron chi connectivity index (χ3n) is 8.34. The van der Waals surface area contributed by atoms with Crippen LogP contribution in [0.2, 0.25) is 0 Å². The molecule has 3 fully saturated rings. The fourth-order valence-electron chi connectivity index (χ4n) is 6.50. The summed E-state index contributed by atoms with van der Waals surface area (Å²) in [4.78, 5) is 20.3. The number of imidazole rings is 1. The summed E-state index contributed by atoms with van der Waals surface area (Å²) in [6.45, 7) is 4.79. The first-order chi connectivity index (χ1) is 16.7. The number of rotatable bonds is 7. The molecule has 2 aromatic carbocycles. The van der Waals surface area contributed by atoms with Crippen LogP contribution in [0.5, 0.6) is 0 Å². The van der Waals surface area contributed by atoms with Crippen molar-refractivity contribution in [2.45, 2.75) is 63.2 Å². The first-order valence-corrected chi connectivity index (χ1v) is 12.9. The van der Waals surface area contributed by atoms with Crippen molar-refractivity contribution in [1.82, 2.24) is 25.1 Å². The molecule has 6 nitrogen and oxygen atoms in total. The Bertz CT molecular complexity index is 1140. The van der Waals surface area contributed by atoms with Gasteiger partial charge in [-0.2, -0.15) is 0 Å². The molecule has 3 aliphatic rings. The zero-order chi connectivity index (χ0) is 23.1. The molecule has 6 heteroatoms. The van der Waals surface area contributed by atoms with Crippen LogP contribution < -0.4 is 10.6 Å². The second-order valence-electron chi connectivity index (χ2n) is 10.4. The van der Waals surface area contributed by atoms with Gasteiger partial charge in [-0.25, -0.2) is 4.98 Å². The van der Waals surface area contributed by atoms with Gasteiger partial charge in [0.25, 0.3) is 0 Å². The Balaban J connectivity index is 1.15. The molecule has 1 amide bonds. The number of amides is 1. The summed E-state index contributed by atoms with van der Waals surface area (Å²) in [7, 11) is 0. The minimum absolute atomic E-state index is 0.0752. The maximum atomic E-state index is 12.7. The van der Waals surface area contributed by atoms with E-state index in [1.807, 2.05) is 6.07 Å².